The van der Waals surface area contributed by atoms with E-state index >= 15 is 0 Å². The third kappa shape index (κ3) is 2.04. The summed E-state index contributed by atoms with van der Waals surface area (Å²) in [6, 6.07) is 8.77. The van der Waals surface area contributed by atoms with Crippen LogP contribution < -0.4 is 4.74 Å². The molecule has 5 nitrogen and oxygen atoms in total. The second-order valence-electron chi connectivity index (χ2n) is 3.79. The van der Waals surface area contributed by atoms with E-state index in [9.17, 15) is 9.59 Å². The van der Waals surface area contributed by atoms with Gasteiger partial charge in [0.05, 0.1) is 0 Å². The lowest BCUT2D eigenvalue weighted by Crippen LogP contribution is -2.41. The highest BCUT2D eigenvalue weighted by atomic mass is 16.7. The molecule has 0 spiro atoms. The lowest BCUT2D eigenvalue weighted by molar-refractivity contribution is -0.142. The Bertz CT molecular complexity index is 494. The van der Waals surface area contributed by atoms with Crippen LogP contribution in [0.1, 0.15) is 13.8 Å². The summed E-state index contributed by atoms with van der Waals surface area (Å²) in [6.45, 7) is 2.65. The van der Waals surface area contributed by atoms with Gasteiger partial charge in [0.2, 0.25) is 5.60 Å². The minimum Gasteiger partial charge on any atom is -0.425 e. The van der Waals surface area contributed by atoms with Gasteiger partial charge in [-0.3, -0.25) is 9.59 Å². The van der Waals surface area contributed by atoms with Crippen LogP contribution in [0.5, 0.6) is 5.75 Å². The number of aliphatic imine (C=N–C) groups is 1. The normalized spacial score (nSPS) is 22.9. The molecule has 1 amide bonds. The number of ketones is 1. The fourth-order valence-electron chi connectivity index (χ4n) is 1.29. The number of ether oxygens (including phenoxy) is 2. The van der Waals surface area contributed by atoms with Gasteiger partial charge in [0.15, 0.2) is 5.78 Å². The highest BCUT2D eigenvalue weighted by Gasteiger charge is 2.47. The zero-order valence-electron chi connectivity index (χ0n) is 9.47. The zero-order valence-corrected chi connectivity index (χ0v) is 9.47. The Balaban J connectivity index is 2.14. The summed E-state index contributed by atoms with van der Waals surface area (Å²) in [5, 5.41) is 0. The molecule has 1 aromatic carbocycles. The first-order valence-electron chi connectivity index (χ1n) is 5.08. The van der Waals surface area contributed by atoms with Crippen LogP contribution in [0.25, 0.3) is 0 Å². The molecule has 1 atom stereocenters. The summed E-state index contributed by atoms with van der Waals surface area (Å²) in [4.78, 5) is 26.4. The van der Waals surface area contributed by atoms with Gasteiger partial charge in [-0.1, -0.05) is 18.2 Å². The summed E-state index contributed by atoms with van der Waals surface area (Å²) in [5.41, 5.74) is -1.55. The second-order valence-corrected chi connectivity index (χ2v) is 3.79. The number of hydrogen-bond acceptors (Lipinski definition) is 4. The van der Waals surface area contributed by atoms with Gasteiger partial charge in [0, 0.05) is 0 Å². The summed E-state index contributed by atoms with van der Waals surface area (Å²) in [5.74, 6) is -0.555. The molecule has 2 rings (SSSR count). The van der Waals surface area contributed by atoms with Gasteiger partial charge in [-0.05, 0) is 26.0 Å². The molecule has 1 aliphatic rings. The van der Waals surface area contributed by atoms with Crippen LogP contribution in [0.3, 0.4) is 0 Å². The minimum absolute atomic E-state index is 0.195. The van der Waals surface area contributed by atoms with Crippen LogP contribution in [0.2, 0.25) is 0 Å². The summed E-state index contributed by atoms with van der Waals surface area (Å²) in [7, 11) is 0. The number of nitrogens with zero attached hydrogens (tertiary/aromatic N) is 1. The number of hydrogen-bond donors (Lipinski definition) is 0. The van der Waals surface area contributed by atoms with Gasteiger partial charge in [0.1, 0.15) is 5.75 Å². The van der Waals surface area contributed by atoms with Crippen molar-refractivity contribution in [2.75, 3.05) is 0 Å². The quantitative estimate of drug-likeness (QED) is 0.723. The maximum Gasteiger partial charge on any atom is 0.398 e. The summed E-state index contributed by atoms with van der Waals surface area (Å²) >= 11 is 0. The Morgan fingerprint density at radius 2 is 2.00 bits per heavy atom. The van der Waals surface area contributed by atoms with Gasteiger partial charge >= 0.3 is 12.0 Å². The van der Waals surface area contributed by atoms with Gasteiger partial charge in [-0.15, -0.1) is 4.99 Å². The standard InChI is InChI=1S/C12H11NO4/c1-8(14)12(2)10(15)13-11(17-12)16-9-6-4-3-5-7-9/h3-7H,1-2H3. The number of carbonyl (C=O) groups excluding carboxylic acids is 2. The first kappa shape index (κ1) is 11.3. The molecule has 0 saturated heterocycles. The van der Waals surface area contributed by atoms with E-state index in [1.165, 1.54) is 13.8 Å². The summed E-state index contributed by atoms with van der Waals surface area (Å²) in [6.07, 6.45) is -0.195. The van der Waals surface area contributed by atoms with Crippen molar-refractivity contribution in [2.45, 2.75) is 19.4 Å². The monoisotopic (exact) mass is 233 g/mol. The fraction of sp³-hybridized carbons (Fsp3) is 0.250. The van der Waals surface area contributed by atoms with Crippen molar-refractivity contribution in [2.24, 2.45) is 4.99 Å². The average molecular weight is 233 g/mol. The Kier molecular flexibility index (Phi) is 2.67. The predicted octanol–water partition coefficient (Wildman–Crippen LogP) is 1.33. The third-order valence-electron chi connectivity index (χ3n) is 2.51. The van der Waals surface area contributed by atoms with Gasteiger partial charge in [-0.25, -0.2) is 0 Å². The van der Waals surface area contributed by atoms with Crippen LogP contribution in [-0.4, -0.2) is 23.4 Å². The van der Waals surface area contributed by atoms with Crippen LogP contribution in [0.4, 0.5) is 0 Å². The van der Waals surface area contributed by atoms with E-state index in [2.05, 4.69) is 4.99 Å². The van der Waals surface area contributed by atoms with E-state index in [1.54, 1.807) is 24.3 Å². The van der Waals surface area contributed by atoms with Crippen molar-refractivity contribution < 1.29 is 19.1 Å². The number of Topliss-reactive ketones (excluding diaryl/α,β-unsaturated/α-hetero) is 1. The molecule has 1 aliphatic heterocycles. The van der Waals surface area contributed by atoms with Crippen LogP contribution >= 0.6 is 0 Å². The van der Waals surface area contributed by atoms with Crippen molar-refractivity contribution in [3.63, 3.8) is 0 Å². The van der Waals surface area contributed by atoms with Crippen molar-refractivity contribution >= 4 is 17.8 Å². The molecule has 0 fully saturated rings. The molecule has 0 aromatic heterocycles. The highest BCUT2D eigenvalue weighted by Crippen LogP contribution is 2.22. The SMILES string of the molecule is CC(=O)C1(C)OC(Oc2ccccc2)=NC1=O. The second kappa shape index (κ2) is 4.01. The molecular weight excluding hydrogens is 222 g/mol. The van der Waals surface area contributed by atoms with Crippen molar-refractivity contribution in [1.29, 1.82) is 0 Å². The topological polar surface area (TPSA) is 65.0 Å². The van der Waals surface area contributed by atoms with Crippen molar-refractivity contribution in [1.82, 2.24) is 0 Å². The lowest BCUT2D eigenvalue weighted by Gasteiger charge is -2.17. The summed E-state index contributed by atoms with van der Waals surface area (Å²) < 4.78 is 10.4. The van der Waals surface area contributed by atoms with Crippen molar-refractivity contribution in [3.05, 3.63) is 30.3 Å². The number of amides is 1. The number of para-hydroxylation sites is 1. The number of benzene rings is 1. The fourth-order valence-corrected chi connectivity index (χ4v) is 1.29. The Labute approximate surface area is 98.1 Å². The lowest BCUT2D eigenvalue weighted by atomic mass is 10.0. The molecule has 0 saturated carbocycles. The van der Waals surface area contributed by atoms with E-state index in [1.807, 2.05) is 6.07 Å². The number of carbonyl (C=O) groups is 2. The van der Waals surface area contributed by atoms with E-state index in [0.29, 0.717) is 5.75 Å². The molecule has 1 aromatic rings. The Hall–Kier alpha value is -2.17. The van der Waals surface area contributed by atoms with E-state index in [-0.39, 0.29) is 6.08 Å². The molecule has 88 valence electrons. The molecule has 5 heteroatoms. The molecule has 0 N–H and O–H groups in total. The third-order valence-corrected chi connectivity index (χ3v) is 2.51. The Morgan fingerprint density at radius 3 is 2.53 bits per heavy atom. The van der Waals surface area contributed by atoms with Crippen LogP contribution in [0, 0.1) is 0 Å². The largest absolute Gasteiger partial charge is 0.425 e. The molecule has 0 radical (unpaired) electrons. The van der Waals surface area contributed by atoms with Crippen LogP contribution in [-0.2, 0) is 14.3 Å². The van der Waals surface area contributed by atoms with Gasteiger partial charge in [0.25, 0.3) is 0 Å². The van der Waals surface area contributed by atoms with Crippen molar-refractivity contribution in [3.8, 4) is 5.75 Å². The zero-order chi connectivity index (χ0) is 12.5. The molecule has 0 aliphatic carbocycles. The average Bonchev–Trinajstić information content (AvgIpc) is 2.57. The van der Waals surface area contributed by atoms with E-state index in [4.69, 9.17) is 9.47 Å². The van der Waals surface area contributed by atoms with Gasteiger partial charge in [-0.2, -0.15) is 0 Å². The number of rotatable bonds is 2. The molecular formula is C12H11NO4. The maximum atomic E-state index is 11.5. The maximum absolute atomic E-state index is 11.5. The minimum atomic E-state index is -1.55. The molecule has 17 heavy (non-hydrogen) atoms. The molecule has 0 bridgehead atoms. The smallest absolute Gasteiger partial charge is 0.398 e. The van der Waals surface area contributed by atoms with Crippen LogP contribution in [0.15, 0.2) is 35.3 Å². The first-order valence-corrected chi connectivity index (χ1v) is 5.08. The molecule has 1 heterocycles. The van der Waals surface area contributed by atoms with E-state index < -0.39 is 17.3 Å². The molecule has 1 unspecified atom stereocenters. The predicted molar refractivity (Wildman–Crippen MR) is 59.7 cm³/mol. The Morgan fingerprint density at radius 1 is 1.35 bits per heavy atom. The highest BCUT2D eigenvalue weighted by molar-refractivity contribution is 6.14. The van der Waals surface area contributed by atoms with E-state index in [0.717, 1.165) is 0 Å². The van der Waals surface area contributed by atoms with Gasteiger partial charge < -0.3 is 9.47 Å². The first-order chi connectivity index (χ1) is 8.02.